The number of ketones is 1. The molecule has 2 saturated heterocycles. The van der Waals surface area contributed by atoms with Crippen molar-refractivity contribution in [1.82, 2.24) is 4.90 Å². The number of benzene rings is 1. The molecular weight excluding hydrogens is 318 g/mol. The molecule has 1 aliphatic carbocycles. The minimum atomic E-state index is 0.166. The number of hydrogen-bond donors (Lipinski definition) is 0. The van der Waals surface area contributed by atoms with Crippen molar-refractivity contribution < 1.29 is 4.79 Å². The number of rotatable bonds is 2. The van der Waals surface area contributed by atoms with E-state index in [1.165, 1.54) is 42.4 Å². The molecule has 3 aliphatic rings. The fourth-order valence-electron chi connectivity index (χ4n) is 5.83. The van der Waals surface area contributed by atoms with Crippen molar-refractivity contribution in [3.05, 3.63) is 34.4 Å². The SMILES string of the molecule is Cc1cc2c(cc1C(=O)C1CC3CCC(C1)N3C)C(C)(C)CCC2(C)C. The lowest BCUT2D eigenvalue weighted by Gasteiger charge is -2.42. The van der Waals surface area contributed by atoms with Gasteiger partial charge >= 0.3 is 0 Å². The van der Waals surface area contributed by atoms with E-state index in [9.17, 15) is 4.79 Å². The fraction of sp³-hybridized carbons (Fsp3) is 0.708. The molecule has 4 rings (SSSR count). The quantitative estimate of drug-likeness (QED) is 0.664. The predicted octanol–water partition coefficient (Wildman–Crippen LogP) is 5.40. The maximum Gasteiger partial charge on any atom is 0.166 e. The highest BCUT2D eigenvalue weighted by Gasteiger charge is 2.42. The van der Waals surface area contributed by atoms with Gasteiger partial charge in [-0.1, -0.05) is 33.8 Å². The molecule has 2 aliphatic heterocycles. The minimum absolute atomic E-state index is 0.166. The first kappa shape index (κ1) is 18.2. The molecule has 2 bridgehead atoms. The van der Waals surface area contributed by atoms with Crippen LogP contribution < -0.4 is 0 Å². The maximum absolute atomic E-state index is 13.5. The Morgan fingerprint density at radius 1 is 0.962 bits per heavy atom. The Labute approximate surface area is 159 Å². The van der Waals surface area contributed by atoms with Gasteiger partial charge in [0.2, 0.25) is 0 Å². The summed E-state index contributed by atoms with van der Waals surface area (Å²) in [6.45, 7) is 11.6. The number of Topliss-reactive ketones (excluding diaryl/α,β-unsaturated/α-hetero) is 1. The summed E-state index contributed by atoms with van der Waals surface area (Å²) in [6.07, 6.45) is 7.07. The van der Waals surface area contributed by atoms with Crippen molar-refractivity contribution >= 4 is 5.78 Å². The van der Waals surface area contributed by atoms with Crippen molar-refractivity contribution in [2.75, 3.05) is 7.05 Å². The van der Waals surface area contributed by atoms with E-state index in [0.717, 1.165) is 18.4 Å². The Bertz CT molecular complexity index is 731. The van der Waals surface area contributed by atoms with Crippen molar-refractivity contribution in [3.63, 3.8) is 0 Å². The first-order valence-electron chi connectivity index (χ1n) is 10.5. The second kappa shape index (κ2) is 5.92. The third kappa shape index (κ3) is 2.76. The first-order chi connectivity index (χ1) is 12.1. The van der Waals surface area contributed by atoms with E-state index < -0.39 is 0 Å². The van der Waals surface area contributed by atoms with Gasteiger partial charge in [-0.3, -0.25) is 4.79 Å². The van der Waals surface area contributed by atoms with Crippen LogP contribution in [0, 0.1) is 12.8 Å². The van der Waals surface area contributed by atoms with Gasteiger partial charge in [0.15, 0.2) is 5.78 Å². The van der Waals surface area contributed by atoms with Gasteiger partial charge in [0.25, 0.3) is 0 Å². The van der Waals surface area contributed by atoms with E-state index in [4.69, 9.17) is 0 Å². The molecule has 1 aromatic rings. The molecule has 26 heavy (non-hydrogen) atoms. The maximum atomic E-state index is 13.5. The highest BCUT2D eigenvalue weighted by atomic mass is 16.1. The average molecular weight is 354 g/mol. The summed E-state index contributed by atoms with van der Waals surface area (Å²) in [5.74, 6) is 0.634. The molecule has 2 fully saturated rings. The van der Waals surface area contributed by atoms with E-state index >= 15 is 0 Å². The summed E-state index contributed by atoms with van der Waals surface area (Å²) in [5.41, 5.74) is 5.45. The van der Waals surface area contributed by atoms with Gasteiger partial charge in [0.05, 0.1) is 0 Å². The van der Waals surface area contributed by atoms with Crippen LogP contribution in [0.15, 0.2) is 12.1 Å². The zero-order chi connectivity index (χ0) is 18.9. The Kier molecular flexibility index (Phi) is 4.15. The number of hydrogen-bond acceptors (Lipinski definition) is 2. The van der Waals surface area contributed by atoms with Gasteiger partial charge in [-0.25, -0.2) is 0 Å². The van der Waals surface area contributed by atoms with Crippen LogP contribution in [0.1, 0.15) is 93.3 Å². The van der Waals surface area contributed by atoms with Crippen LogP contribution in [-0.4, -0.2) is 29.8 Å². The van der Waals surface area contributed by atoms with Gasteiger partial charge in [-0.2, -0.15) is 0 Å². The van der Waals surface area contributed by atoms with E-state index in [-0.39, 0.29) is 16.7 Å². The minimum Gasteiger partial charge on any atom is -0.300 e. The third-order valence-corrected chi connectivity index (χ3v) is 7.93. The average Bonchev–Trinajstić information content (AvgIpc) is 2.79. The van der Waals surface area contributed by atoms with Crippen LogP contribution >= 0.6 is 0 Å². The number of carbonyl (C=O) groups excluding carboxylic acids is 1. The zero-order valence-corrected chi connectivity index (χ0v) is 17.5. The van der Waals surface area contributed by atoms with E-state index in [1.54, 1.807) is 0 Å². The predicted molar refractivity (Wildman–Crippen MR) is 108 cm³/mol. The molecule has 0 spiro atoms. The van der Waals surface area contributed by atoms with Gasteiger partial charge in [0.1, 0.15) is 0 Å². The standard InChI is InChI=1S/C24H35NO/c1-15-11-20-21(24(4,5)10-9-23(20,2)3)14-19(15)22(26)16-12-17-7-8-18(13-16)25(17)6/h11,14,16-18H,7-10,12-13H2,1-6H3. The Morgan fingerprint density at radius 3 is 2.00 bits per heavy atom. The smallest absolute Gasteiger partial charge is 0.166 e. The van der Waals surface area contributed by atoms with Crippen LogP contribution in [-0.2, 0) is 10.8 Å². The highest BCUT2D eigenvalue weighted by Crippen LogP contribution is 2.47. The van der Waals surface area contributed by atoms with E-state index in [1.807, 2.05) is 0 Å². The zero-order valence-electron chi connectivity index (χ0n) is 17.5. The molecule has 2 nitrogen and oxygen atoms in total. The summed E-state index contributed by atoms with van der Waals surface area (Å²) >= 11 is 0. The molecular formula is C24H35NO. The molecule has 0 radical (unpaired) electrons. The molecule has 1 aromatic carbocycles. The molecule has 0 aromatic heterocycles. The fourth-order valence-corrected chi connectivity index (χ4v) is 5.83. The highest BCUT2D eigenvalue weighted by molar-refractivity contribution is 5.99. The van der Waals surface area contributed by atoms with Crippen molar-refractivity contribution in [3.8, 4) is 0 Å². The first-order valence-corrected chi connectivity index (χ1v) is 10.5. The number of piperidine rings is 1. The van der Waals surface area contributed by atoms with Gasteiger partial charge in [-0.05, 0) is 86.1 Å². The van der Waals surface area contributed by atoms with E-state index in [2.05, 4.69) is 58.7 Å². The topological polar surface area (TPSA) is 20.3 Å². The Balaban J connectivity index is 1.71. The van der Waals surface area contributed by atoms with Gasteiger partial charge < -0.3 is 4.90 Å². The van der Waals surface area contributed by atoms with Crippen LogP contribution in [0.3, 0.4) is 0 Å². The molecule has 0 saturated carbocycles. The van der Waals surface area contributed by atoms with Gasteiger partial charge in [-0.15, -0.1) is 0 Å². The number of carbonyl (C=O) groups is 1. The summed E-state index contributed by atoms with van der Waals surface area (Å²) in [4.78, 5) is 16.0. The van der Waals surface area contributed by atoms with Crippen molar-refractivity contribution in [2.45, 2.75) is 96.1 Å². The van der Waals surface area contributed by atoms with Crippen molar-refractivity contribution in [1.29, 1.82) is 0 Å². The van der Waals surface area contributed by atoms with Gasteiger partial charge in [0, 0.05) is 23.6 Å². The molecule has 2 unspecified atom stereocenters. The lowest BCUT2D eigenvalue weighted by atomic mass is 9.62. The van der Waals surface area contributed by atoms with Crippen LogP contribution in [0.2, 0.25) is 0 Å². The summed E-state index contributed by atoms with van der Waals surface area (Å²) in [5, 5.41) is 0. The van der Waals surface area contributed by atoms with Crippen LogP contribution in [0.5, 0.6) is 0 Å². The second-order valence-corrected chi connectivity index (χ2v) is 10.6. The summed E-state index contributed by atoms with van der Waals surface area (Å²) in [7, 11) is 2.25. The monoisotopic (exact) mass is 353 g/mol. The van der Waals surface area contributed by atoms with Crippen LogP contribution in [0.4, 0.5) is 0 Å². The molecule has 2 heteroatoms. The van der Waals surface area contributed by atoms with E-state index in [0.29, 0.717) is 17.9 Å². The number of nitrogens with zero attached hydrogens (tertiary/aromatic N) is 1. The van der Waals surface area contributed by atoms with Crippen LogP contribution in [0.25, 0.3) is 0 Å². The van der Waals surface area contributed by atoms with Crippen molar-refractivity contribution in [2.24, 2.45) is 5.92 Å². The Hall–Kier alpha value is -1.15. The second-order valence-electron chi connectivity index (χ2n) is 10.6. The lowest BCUT2D eigenvalue weighted by Crippen LogP contribution is -2.42. The lowest BCUT2D eigenvalue weighted by molar-refractivity contribution is 0.0766. The molecule has 0 N–H and O–H groups in total. The summed E-state index contributed by atoms with van der Waals surface area (Å²) in [6, 6.07) is 5.87. The molecule has 142 valence electrons. The molecule has 0 amide bonds. The Morgan fingerprint density at radius 2 is 1.46 bits per heavy atom. The molecule has 2 atom stereocenters. The normalized spacial score (nSPS) is 32.3. The summed E-state index contributed by atoms with van der Waals surface area (Å²) < 4.78 is 0. The largest absolute Gasteiger partial charge is 0.300 e. The third-order valence-electron chi connectivity index (χ3n) is 7.93. The molecule has 2 heterocycles. The number of aryl methyl sites for hydroxylation is 1. The number of fused-ring (bicyclic) bond motifs is 3.